The van der Waals surface area contributed by atoms with E-state index in [0.29, 0.717) is 15.5 Å². The molecule has 0 heterocycles. The molecule has 1 aromatic rings. The van der Waals surface area contributed by atoms with Gasteiger partial charge in [0.05, 0.1) is 0 Å². The number of nitrogens with two attached hydrogens (primary N) is 1. The van der Waals surface area contributed by atoms with Crippen LogP contribution in [0.25, 0.3) is 0 Å². The van der Waals surface area contributed by atoms with Crippen LogP contribution in [0, 0.1) is 5.41 Å². The van der Waals surface area contributed by atoms with Gasteiger partial charge in [-0.1, -0.05) is 29.3 Å². The van der Waals surface area contributed by atoms with E-state index in [1.807, 2.05) is 12.1 Å². The van der Waals surface area contributed by atoms with E-state index in [2.05, 4.69) is 0 Å². The molecule has 0 unspecified atom stereocenters. The van der Waals surface area contributed by atoms with E-state index in [-0.39, 0.29) is 5.54 Å². The first-order valence-corrected chi connectivity index (χ1v) is 6.03. The standard InChI is InChI=1S/C12H13Cl2N/c13-8-1-2-9(10(14)5-8)12(15)6-11(7-12)3-4-11/h1-2,5H,3-4,6-7,15H2. The zero-order valence-corrected chi connectivity index (χ0v) is 9.91. The lowest BCUT2D eigenvalue weighted by atomic mass is 9.63. The Balaban J connectivity index is 1.92. The van der Waals surface area contributed by atoms with Crippen LogP contribution in [0.15, 0.2) is 18.2 Å². The molecule has 1 aromatic carbocycles. The molecule has 2 saturated carbocycles. The summed E-state index contributed by atoms with van der Waals surface area (Å²) < 4.78 is 0. The molecule has 80 valence electrons. The number of hydrogen-bond donors (Lipinski definition) is 1. The molecule has 0 atom stereocenters. The second-order valence-corrected chi connectivity index (χ2v) is 5.98. The van der Waals surface area contributed by atoms with E-state index in [1.165, 1.54) is 12.8 Å². The Morgan fingerprint density at radius 3 is 2.33 bits per heavy atom. The zero-order valence-electron chi connectivity index (χ0n) is 8.39. The lowest BCUT2D eigenvalue weighted by Crippen LogP contribution is -2.50. The van der Waals surface area contributed by atoms with Gasteiger partial charge in [-0.25, -0.2) is 0 Å². The van der Waals surface area contributed by atoms with Crippen LogP contribution in [-0.2, 0) is 5.54 Å². The first kappa shape index (κ1) is 9.95. The Morgan fingerprint density at radius 2 is 1.80 bits per heavy atom. The molecule has 2 fully saturated rings. The van der Waals surface area contributed by atoms with E-state index in [1.54, 1.807) is 6.07 Å². The first-order valence-electron chi connectivity index (χ1n) is 5.28. The highest BCUT2D eigenvalue weighted by atomic mass is 35.5. The van der Waals surface area contributed by atoms with Crippen molar-refractivity contribution in [1.82, 2.24) is 0 Å². The zero-order chi connectivity index (χ0) is 10.7. The summed E-state index contributed by atoms with van der Waals surface area (Å²) >= 11 is 12.0. The molecule has 1 spiro atoms. The minimum atomic E-state index is -0.196. The summed E-state index contributed by atoms with van der Waals surface area (Å²) in [7, 11) is 0. The third-order valence-electron chi connectivity index (χ3n) is 3.81. The molecule has 0 bridgehead atoms. The number of rotatable bonds is 1. The Bertz CT molecular complexity index is 416. The number of hydrogen-bond acceptors (Lipinski definition) is 1. The Labute approximate surface area is 99.6 Å². The summed E-state index contributed by atoms with van der Waals surface area (Å²) in [5, 5.41) is 1.38. The van der Waals surface area contributed by atoms with Crippen molar-refractivity contribution in [2.45, 2.75) is 31.2 Å². The average Bonchev–Trinajstić information content (AvgIpc) is 2.82. The predicted octanol–water partition coefficient (Wildman–Crippen LogP) is 3.72. The van der Waals surface area contributed by atoms with Gasteiger partial charge in [0.2, 0.25) is 0 Å². The van der Waals surface area contributed by atoms with Crippen molar-refractivity contribution in [2.24, 2.45) is 11.1 Å². The van der Waals surface area contributed by atoms with Gasteiger partial charge in [-0.2, -0.15) is 0 Å². The van der Waals surface area contributed by atoms with Crippen molar-refractivity contribution in [1.29, 1.82) is 0 Å². The van der Waals surface area contributed by atoms with Crippen LogP contribution >= 0.6 is 23.2 Å². The van der Waals surface area contributed by atoms with Crippen molar-refractivity contribution in [3.63, 3.8) is 0 Å². The summed E-state index contributed by atoms with van der Waals surface area (Å²) in [4.78, 5) is 0. The van der Waals surface area contributed by atoms with Gasteiger partial charge in [0.25, 0.3) is 0 Å². The molecule has 2 aliphatic rings. The lowest BCUT2D eigenvalue weighted by molar-refractivity contribution is 0.125. The second-order valence-electron chi connectivity index (χ2n) is 5.13. The lowest BCUT2D eigenvalue weighted by Gasteiger charge is -2.46. The predicted molar refractivity (Wildman–Crippen MR) is 63.2 cm³/mol. The van der Waals surface area contributed by atoms with E-state index in [9.17, 15) is 0 Å². The monoisotopic (exact) mass is 241 g/mol. The highest BCUT2D eigenvalue weighted by molar-refractivity contribution is 6.35. The fourth-order valence-corrected chi connectivity index (χ4v) is 3.50. The summed E-state index contributed by atoms with van der Waals surface area (Å²) in [6, 6.07) is 5.63. The summed E-state index contributed by atoms with van der Waals surface area (Å²) in [5.74, 6) is 0. The summed E-state index contributed by atoms with van der Waals surface area (Å²) in [6.45, 7) is 0. The maximum absolute atomic E-state index is 6.36. The minimum absolute atomic E-state index is 0.196. The van der Waals surface area contributed by atoms with Gasteiger partial charge in [0.15, 0.2) is 0 Å². The van der Waals surface area contributed by atoms with Gasteiger partial charge >= 0.3 is 0 Å². The molecular weight excluding hydrogens is 229 g/mol. The molecule has 1 nitrogen and oxygen atoms in total. The van der Waals surface area contributed by atoms with E-state index >= 15 is 0 Å². The fourth-order valence-electron chi connectivity index (χ4n) is 2.90. The molecule has 0 aromatic heterocycles. The topological polar surface area (TPSA) is 26.0 Å². The van der Waals surface area contributed by atoms with Crippen LogP contribution in [0.3, 0.4) is 0 Å². The maximum Gasteiger partial charge on any atom is 0.0471 e. The maximum atomic E-state index is 6.36. The van der Waals surface area contributed by atoms with Gasteiger partial charge in [0.1, 0.15) is 0 Å². The fraction of sp³-hybridized carbons (Fsp3) is 0.500. The quantitative estimate of drug-likeness (QED) is 0.797. The Hall–Kier alpha value is -0.240. The SMILES string of the molecule is NC1(c2ccc(Cl)cc2Cl)CC2(CC2)C1. The number of benzene rings is 1. The smallest absolute Gasteiger partial charge is 0.0471 e. The molecule has 0 aliphatic heterocycles. The van der Waals surface area contributed by atoms with Gasteiger partial charge in [-0.3, -0.25) is 0 Å². The van der Waals surface area contributed by atoms with E-state index < -0.39 is 0 Å². The van der Waals surface area contributed by atoms with E-state index in [4.69, 9.17) is 28.9 Å². The van der Waals surface area contributed by atoms with Crippen molar-refractivity contribution < 1.29 is 0 Å². The number of halogens is 2. The third kappa shape index (κ3) is 1.49. The first-order chi connectivity index (χ1) is 7.03. The highest BCUT2D eigenvalue weighted by Gasteiger charge is 2.60. The second kappa shape index (κ2) is 2.91. The van der Waals surface area contributed by atoms with Crippen LogP contribution in [-0.4, -0.2) is 0 Å². The van der Waals surface area contributed by atoms with Crippen LogP contribution in [0.1, 0.15) is 31.2 Å². The Kier molecular flexibility index (Phi) is 1.93. The molecule has 0 radical (unpaired) electrons. The normalized spacial score (nSPS) is 25.0. The molecule has 0 amide bonds. The minimum Gasteiger partial charge on any atom is -0.321 e. The molecule has 0 saturated heterocycles. The average molecular weight is 242 g/mol. The van der Waals surface area contributed by atoms with Crippen LogP contribution in [0.2, 0.25) is 10.0 Å². The van der Waals surface area contributed by atoms with Crippen LogP contribution in [0.4, 0.5) is 0 Å². The largest absolute Gasteiger partial charge is 0.321 e. The molecule has 3 rings (SSSR count). The van der Waals surface area contributed by atoms with Crippen molar-refractivity contribution in [3.05, 3.63) is 33.8 Å². The Morgan fingerprint density at radius 1 is 1.13 bits per heavy atom. The molecule has 2 aliphatic carbocycles. The molecule has 3 heteroatoms. The van der Waals surface area contributed by atoms with Gasteiger partial charge in [-0.15, -0.1) is 0 Å². The molecular formula is C12H13Cl2N. The third-order valence-corrected chi connectivity index (χ3v) is 4.35. The van der Waals surface area contributed by atoms with Gasteiger partial charge in [-0.05, 0) is 48.8 Å². The summed E-state index contributed by atoms with van der Waals surface area (Å²) in [5.41, 5.74) is 7.81. The van der Waals surface area contributed by atoms with E-state index in [0.717, 1.165) is 18.4 Å². The van der Waals surface area contributed by atoms with Crippen molar-refractivity contribution in [3.8, 4) is 0 Å². The summed E-state index contributed by atoms with van der Waals surface area (Å²) in [6.07, 6.45) is 4.86. The highest BCUT2D eigenvalue weighted by Crippen LogP contribution is 2.67. The molecule has 15 heavy (non-hydrogen) atoms. The van der Waals surface area contributed by atoms with Crippen LogP contribution in [0.5, 0.6) is 0 Å². The van der Waals surface area contributed by atoms with Crippen molar-refractivity contribution >= 4 is 23.2 Å². The van der Waals surface area contributed by atoms with Crippen molar-refractivity contribution in [2.75, 3.05) is 0 Å². The molecule has 2 N–H and O–H groups in total. The van der Waals surface area contributed by atoms with Crippen LogP contribution < -0.4 is 5.73 Å². The van der Waals surface area contributed by atoms with Gasteiger partial charge < -0.3 is 5.73 Å². The van der Waals surface area contributed by atoms with Gasteiger partial charge in [0, 0.05) is 15.6 Å².